The van der Waals surface area contributed by atoms with Gasteiger partial charge in [-0.05, 0) is 12.1 Å². The molecule has 10 heteroatoms. The zero-order chi connectivity index (χ0) is 25.9. The molecule has 0 fully saturated rings. The van der Waals surface area contributed by atoms with Crippen LogP contribution in [0, 0.1) is 0 Å². The lowest BCUT2D eigenvalue weighted by molar-refractivity contribution is 0.390. The van der Waals surface area contributed by atoms with Crippen LogP contribution in [0.2, 0.25) is 10.0 Å². The number of benzene rings is 2. The number of hydrogen-bond donors (Lipinski definition) is 2. The van der Waals surface area contributed by atoms with E-state index in [0.29, 0.717) is 44.5 Å². The maximum absolute atomic E-state index is 6.96. The largest absolute Gasteiger partial charge is 0.480 e. The first-order valence-corrected chi connectivity index (χ1v) is 12.3. The van der Waals surface area contributed by atoms with Crippen molar-refractivity contribution in [1.82, 2.24) is 20.3 Å². The van der Waals surface area contributed by atoms with Crippen LogP contribution in [-0.2, 0) is 6.54 Å². The van der Waals surface area contributed by atoms with Crippen molar-refractivity contribution in [3.05, 3.63) is 76.0 Å². The van der Waals surface area contributed by atoms with Crippen molar-refractivity contribution in [3.8, 4) is 45.4 Å². The Morgan fingerprint density at radius 3 is 2.03 bits per heavy atom. The third-order valence-electron chi connectivity index (χ3n) is 6.02. The van der Waals surface area contributed by atoms with Crippen LogP contribution in [-0.4, -0.2) is 48.1 Å². The van der Waals surface area contributed by atoms with Crippen LogP contribution < -0.4 is 20.5 Å². The summed E-state index contributed by atoms with van der Waals surface area (Å²) >= 11 is 13.9. The summed E-state index contributed by atoms with van der Waals surface area (Å²) in [4.78, 5) is 18.1. The molecule has 0 bridgehead atoms. The number of nitrogens with zero attached hydrogens (tertiary/aromatic N) is 4. The molecule has 0 radical (unpaired) electrons. The number of halogens is 2. The van der Waals surface area contributed by atoms with Crippen molar-refractivity contribution in [2.24, 2.45) is 10.7 Å². The maximum atomic E-state index is 6.96. The highest BCUT2D eigenvalue weighted by Gasteiger charge is 2.20. The fourth-order valence-corrected chi connectivity index (χ4v) is 4.86. The number of nitrogens with two attached hydrogens (primary N) is 1. The number of aromatic nitrogens is 3. The number of rotatable bonds is 7. The molecule has 2 aromatic heterocycles. The molecule has 3 N–H and O–H groups in total. The SMILES string of the molecule is COc1nc(-c2cccc(-c3cccc(-c4cnc(CN)c(OC)n4)c3Cl)c2Cl)ccc1C1=NCCN1. The van der Waals surface area contributed by atoms with Gasteiger partial charge in [-0.15, -0.1) is 0 Å². The molecule has 8 nitrogen and oxygen atoms in total. The van der Waals surface area contributed by atoms with Crippen molar-refractivity contribution < 1.29 is 9.47 Å². The van der Waals surface area contributed by atoms with Crippen molar-refractivity contribution >= 4 is 29.0 Å². The van der Waals surface area contributed by atoms with Gasteiger partial charge >= 0.3 is 0 Å². The molecule has 0 saturated carbocycles. The Bertz CT molecular complexity index is 1510. The van der Waals surface area contributed by atoms with Gasteiger partial charge in [-0.3, -0.25) is 9.98 Å². The minimum Gasteiger partial charge on any atom is -0.480 e. The summed E-state index contributed by atoms with van der Waals surface area (Å²) in [5, 5.41) is 4.26. The van der Waals surface area contributed by atoms with Crippen LogP contribution in [0.15, 0.2) is 59.7 Å². The summed E-state index contributed by atoms with van der Waals surface area (Å²) in [6.07, 6.45) is 1.63. The molecule has 1 aliphatic rings. The smallest absolute Gasteiger partial charge is 0.237 e. The highest BCUT2D eigenvalue weighted by molar-refractivity contribution is 6.39. The zero-order valence-electron chi connectivity index (χ0n) is 20.3. The van der Waals surface area contributed by atoms with E-state index in [-0.39, 0.29) is 6.54 Å². The van der Waals surface area contributed by atoms with E-state index in [1.165, 1.54) is 7.11 Å². The average Bonchev–Trinajstić information content (AvgIpc) is 3.48. The second kappa shape index (κ2) is 10.7. The van der Waals surface area contributed by atoms with Gasteiger partial charge in [0.1, 0.15) is 11.5 Å². The van der Waals surface area contributed by atoms with E-state index < -0.39 is 0 Å². The summed E-state index contributed by atoms with van der Waals surface area (Å²) < 4.78 is 10.9. The van der Waals surface area contributed by atoms with Crippen LogP contribution in [0.5, 0.6) is 11.8 Å². The fraction of sp³-hybridized carbons (Fsp3) is 0.185. The standard InChI is InChI=1S/C27H24Cl2N6O2/c1-36-26-19(25-31-11-12-32-25)9-10-20(34-26)17-7-3-5-15(23(17)28)16-6-4-8-18(24(16)29)22-14-33-21(13-30)27(35-22)37-2/h3-10,14H,11-13,30H2,1-2H3,(H,31,32). The van der Waals surface area contributed by atoms with Gasteiger partial charge in [-0.1, -0.05) is 59.6 Å². The van der Waals surface area contributed by atoms with Crippen molar-refractivity contribution in [3.63, 3.8) is 0 Å². The van der Waals surface area contributed by atoms with Gasteiger partial charge in [0.15, 0.2) is 0 Å². The summed E-state index contributed by atoms with van der Waals surface area (Å²) in [6.45, 7) is 1.74. The van der Waals surface area contributed by atoms with Crippen molar-refractivity contribution in [1.29, 1.82) is 0 Å². The molecule has 5 rings (SSSR count). The van der Waals surface area contributed by atoms with E-state index in [1.54, 1.807) is 13.3 Å². The minimum absolute atomic E-state index is 0.219. The molecule has 1 aliphatic heterocycles. The van der Waals surface area contributed by atoms with Crippen molar-refractivity contribution in [2.75, 3.05) is 27.3 Å². The third-order valence-corrected chi connectivity index (χ3v) is 6.84. The highest BCUT2D eigenvalue weighted by Crippen LogP contribution is 2.42. The molecule has 0 amide bonds. The van der Waals surface area contributed by atoms with Gasteiger partial charge in [0.25, 0.3) is 0 Å². The fourth-order valence-electron chi connectivity index (χ4n) is 4.21. The number of methoxy groups -OCH3 is 2. The first-order chi connectivity index (χ1) is 18.0. The number of amidine groups is 1. The molecular formula is C27H24Cl2N6O2. The summed E-state index contributed by atoms with van der Waals surface area (Å²) in [5.41, 5.74) is 11.3. The quantitative estimate of drug-likeness (QED) is 0.343. The molecule has 0 atom stereocenters. The van der Waals surface area contributed by atoms with Crippen molar-refractivity contribution in [2.45, 2.75) is 6.54 Å². The minimum atomic E-state index is 0.219. The molecular weight excluding hydrogens is 511 g/mol. The zero-order valence-corrected chi connectivity index (χ0v) is 21.8. The van der Waals surface area contributed by atoms with E-state index in [1.807, 2.05) is 48.5 Å². The molecule has 4 aromatic rings. The third kappa shape index (κ3) is 4.71. The summed E-state index contributed by atoms with van der Waals surface area (Å²) in [7, 11) is 3.12. The van der Waals surface area contributed by atoms with Crippen LogP contribution >= 0.6 is 23.2 Å². The van der Waals surface area contributed by atoms with Gasteiger partial charge in [0, 0.05) is 35.3 Å². The van der Waals surface area contributed by atoms with Gasteiger partial charge in [0.05, 0.1) is 54.0 Å². The van der Waals surface area contributed by atoms with E-state index in [2.05, 4.69) is 20.3 Å². The molecule has 0 unspecified atom stereocenters. The Hall–Kier alpha value is -3.72. The molecule has 0 saturated heterocycles. The molecule has 2 aromatic carbocycles. The predicted molar refractivity (Wildman–Crippen MR) is 147 cm³/mol. The topological polar surface area (TPSA) is 108 Å². The first-order valence-electron chi connectivity index (χ1n) is 11.6. The molecule has 0 spiro atoms. The number of nitrogens with one attached hydrogen (secondary N) is 1. The van der Waals surface area contributed by atoms with Gasteiger partial charge in [0.2, 0.25) is 11.8 Å². The molecule has 37 heavy (non-hydrogen) atoms. The maximum Gasteiger partial charge on any atom is 0.237 e. The van der Waals surface area contributed by atoms with Crippen LogP contribution in [0.3, 0.4) is 0 Å². The average molecular weight is 535 g/mol. The highest BCUT2D eigenvalue weighted by atomic mass is 35.5. The van der Waals surface area contributed by atoms with E-state index in [4.69, 9.17) is 43.4 Å². The second-order valence-electron chi connectivity index (χ2n) is 8.16. The Kier molecular flexibility index (Phi) is 7.23. The van der Waals surface area contributed by atoms with Gasteiger partial charge < -0.3 is 20.5 Å². The molecule has 3 heterocycles. The summed E-state index contributed by atoms with van der Waals surface area (Å²) in [5.74, 6) is 1.61. The number of hydrogen-bond acceptors (Lipinski definition) is 8. The van der Waals surface area contributed by atoms with E-state index in [9.17, 15) is 0 Å². The Balaban J connectivity index is 1.57. The Morgan fingerprint density at radius 2 is 1.43 bits per heavy atom. The molecule has 0 aliphatic carbocycles. The number of pyridine rings is 1. The lowest BCUT2D eigenvalue weighted by atomic mass is 9.98. The van der Waals surface area contributed by atoms with Crippen LogP contribution in [0.4, 0.5) is 0 Å². The van der Waals surface area contributed by atoms with Gasteiger partial charge in [-0.2, -0.15) is 0 Å². The lowest BCUT2D eigenvalue weighted by Gasteiger charge is -2.15. The Labute approximate surface area is 224 Å². The summed E-state index contributed by atoms with van der Waals surface area (Å²) in [6, 6.07) is 15.3. The van der Waals surface area contributed by atoms with Crippen LogP contribution in [0.25, 0.3) is 33.6 Å². The monoisotopic (exact) mass is 534 g/mol. The number of aliphatic imine (C=N–C) groups is 1. The van der Waals surface area contributed by atoms with E-state index >= 15 is 0 Å². The van der Waals surface area contributed by atoms with Gasteiger partial charge in [-0.25, -0.2) is 9.97 Å². The lowest BCUT2D eigenvalue weighted by Crippen LogP contribution is -2.20. The normalized spacial score (nSPS) is 12.7. The predicted octanol–water partition coefficient (Wildman–Crippen LogP) is 5.01. The molecule has 188 valence electrons. The van der Waals surface area contributed by atoms with E-state index in [0.717, 1.165) is 41.2 Å². The first kappa shape index (κ1) is 25.0. The second-order valence-corrected chi connectivity index (χ2v) is 8.92. The Morgan fingerprint density at radius 1 is 0.811 bits per heavy atom. The van der Waals surface area contributed by atoms with Crippen LogP contribution in [0.1, 0.15) is 11.3 Å². The number of ether oxygens (including phenoxy) is 2.